The minimum absolute atomic E-state index is 0.610. The van der Waals surface area contributed by atoms with E-state index < -0.39 is 0 Å². The third-order valence-electron chi connectivity index (χ3n) is 10.8. The second-order valence-corrected chi connectivity index (χ2v) is 14.2. The highest BCUT2D eigenvalue weighted by Gasteiger charge is 2.19. The van der Waals surface area contributed by atoms with Crippen molar-refractivity contribution in [1.29, 1.82) is 0 Å². The van der Waals surface area contributed by atoms with Gasteiger partial charge < -0.3 is 4.57 Å². The molecule has 57 heavy (non-hydrogen) atoms. The van der Waals surface area contributed by atoms with E-state index in [1.807, 2.05) is 24.3 Å². The van der Waals surface area contributed by atoms with E-state index in [0.717, 1.165) is 77.5 Å². The molecule has 0 saturated heterocycles. The first-order chi connectivity index (χ1) is 28.3. The van der Waals surface area contributed by atoms with E-state index in [1.54, 1.807) is 0 Å². The van der Waals surface area contributed by atoms with Gasteiger partial charge >= 0.3 is 0 Å². The highest BCUT2D eigenvalue weighted by Crippen LogP contribution is 2.40. The number of pyridine rings is 1. The zero-order valence-electron chi connectivity index (χ0n) is 30.8. The lowest BCUT2D eigenvalue weighted by Crippen LogP contribution is -2.01. The van der Waals surface area contributed by atoms with E-state index in [-0.39, 0.29) is 0 Å². The number of aromatic nitrogens is 5. The van der Waals surface area contributed by atoms with Gasteiger partial charge in [0.25, 0.3) is 0 Å². The molecule has 0 N–H and O–H groups in total. The molecule has 0 aliphatic carbocycles. The van der Waals surface area contributed by atoms with Gasteiger partial charge in [-0.05, 0) is 58.3 Å². The van der Waals surface area contributed by atoms with Gasteiger partial charge in [0, 0.05) is 44.1 Å². The van der Waals surface area contributed by atoms with Crippen LogP contribution in [0, 0.1) is 0 Å². The van der Waals surface area contributed by atoms with Gasteiger partial charge in [-0.15, -0.1) is 0 Å². The Bertz CT molecular complexity index is 3230. The number of para-hydroxylation sites is 2. The van der Waals surface area contributed by atoms with E-state index in [2.05, 4.69) is 180 Å². The molecule has 11 aromatic rings. The van der Waals surface area contributed by atoms with Crippen molar-refractivity contribution in [2.75, 3.05) is 0 Å². The molecule has 11 rings (SSSR count). The monoisotopic (exact) mass is 727 g/mol. The molecular weight excluding hydrogens is 695 g/mol. The average molecular weight is 728 g/mol. The molecule has 0 aliphatic rings. The number of rotatable bonds is 6. The fraction of sp³-hybridized carbons (Fsp3) is 0. The van der Waals surface area contributed by atoms with Crippen LogP contribution in [0.1, 0.15) is 0 Å². The quantitative estimate of drug-likeness (QED) is 0.160. The average Bonchev–Trinajstić information content (AvgIpc) is 3.63. The summed E-state index contributed by atoms with van der Waals surface area (Å²) in [6, 6.07) is 69.7. The first-order valence-corrected chi connectivity index (χ1v) is 19.1. The van der Waals surface area contributed by atoms with Crippen LogP contribution in [0.15, 0.2) is 200 Å². The molecule has 0 unspecified atom stereocenters. The van der Waals surface area contributed by atoms with Gasteiger partial charge in [0.05, 0.1) is 22.2 Å². The number of benzene rings is 8. The van der Waals surface area contributed by atoms with Crippen LogP contribution in [-0.4, -0.2) is 24.5 Å². The summed E-state index contributed by atoms with van der Waals surface area (Å²) in [6.45, 7) is 0. The molecule has 0 radical (unpaired) electrons. The van der Waals surface area contributed by atoms with Crippen LogP contribution >= 0.6 is 0 Å². The van der Waals surface area contributed by atoms with Crippen LogP contribution in [0.2, 0.25) is 0 Å². The maximum absolute atomic E-state index is 5.26. The largest absolute Gasteiger partial charge is 0.309 e. The SMILES string of the molecule is c1ccc(-c2cc(-c3ccccc3)c3c(ccc4c(-c5nc(-c6ccccc6)nc(-c6cccc(-n7c8ccccc8c8ccccc87)c6)n5)cccc43)n2)cc1. The topological polar surface area (TPSA) is 56.5 Å². The van der Waals surface area contributed by atoms with Crippen LogP contribution in [0.3, 0.4) is 0 Å². The van der Waals surface area contributed by atoms with Gasteiger partial charge in [0.15, 0.2) is 17.5 Å². The third-order valence-corrected chi connectivity index (χ3v) is 10.8. The summed E-state index contributed by atoms with van der Waals surface area (Å²) in [5.41, 5.74) is 11.3. The predicted molar refractivity (Wildman–Crippen MR) is 234 cm³/mol. The summed E-state index contributed by atoms with van der Waals surface area (Å²) in [5.74, 6) is 1.84. The maximum Gasteiger partial charge on any atom is 0.164 e. The molecule has 3 aromatic heterocycles. The lowest BCUT2D eigenvalue weighted by atomic mass is 9.93. The highest BCUT2D eigenvalue weighted by molar-refractivity contribution is 6.16. The van der Waals surface area contributed by atoms with Crippen molar-refractivity contribution < 1.29 is 0 Å². The summed E-state index contributed by atoms with van der Waals surface area (Å²) < 4.78 is 2.33. The minimum atomic E-state index is 0.610. The van der Waals surface area contributed by atoms with Crippen LogP contribution < -0.4 is 0 Å². The van der Waals surface area contributed by atoms with Crippen LogP contribution in [0.25, 0.3) is 106 Å². The van der Waals surface area contributed by atoms with Crippen molar-refractivity contribution in [2.24, 2.45) is 0 Å². The summed E-state index contributed by atoms with van der Waals surface area (Å²) >= 11 is 0. The van der Waals surface area contributed by atoms with Crippen LogP contribution in [-0.2, 0) is 0 Å². The molecule has 0 atom stereocenters. The molecule has 0 spiro atoms. The van der Waals surface area contributed by atoms with E-state index >= 15 is 0 Å². The van der Waals surface area contributed by atoms with Crippen molar-refractivity contribution in [1.82, 2.24) is 24.5 Å². The van der Waals surface area contributed by atoms with Gasteiger partial charge in [0.2, 0.25) is 0 Å². The number of hydrogen-bond donors (Lipinski definition) is 0. The third kappa shape index (κ3) is 5.64. The van der Waals surface area contributed by atoms with Crippen molar-refractivity contribution in [2.45, 2.75) is 0 Å². The van der Waals surface area contributed by atoms with Crippen molar-refractivity contribution in [3.8, 4) is 62.2 Å². The minimum Gasteiger partial charge on any atom is -0.309 e. The van der Waals surface area contributed by atoms with Crippen LogP contribution in [0.5, 0.6) is 0 Å². The Morgan fingerprint density at radius 2 is 0.860 bits per heavy atom. The van der Waals surface area contributed by atoms with E-state index in [0.29, 0.717) is 17.5 Å². The van der Waals surface area contributed by atoms with E-state index in [9.17, 15) is 0 Å². The molecule has 0 fully saturated rings. The van der Waals surface area contributed by atoms with Gasteiger partial charge in [-0.1, -0.05) is 164 Å². The number of hydrogen-bond acceptors (Lipinski definition) is 4. The molecule has 0 saturated carbocycles. The van der Waals surface area contributed by atoms with Gasteiger partial charge in [-0.2, -0.15) is 0 Å². The first kappa shape index (κ1) is 32.7. The molecule has 0 amide bonds. The molecule has 0 bridgehead atoms. The Balaban J connectivity index is 1.12. The summed E-state index contributed by atoms with van der Waals surface area (Å²) in [5, 5.41) is 5.67. The molecular formula is C52H33N5. The standard InChI is InChI=1S/C52H33N5/c1-4-16-34(17-5-1)44-33-46(35-18-6-2-7-19-35)53-45-31-30-39-42(49(44)45)26-15-27-43(39)52-55-50(36-20-8-3-9-21-36)54-51(56-52)37-22-14-23-38(32-37)57-47-28-12-10-24-40(47)41-25-11-13-29-48(41)57/h1-33H. The lowest BCUT2D eigenvalue weighted by molar-refractivity contribution is 1.07. The molecule has 5 nitrogen and oxygen atoms in total. The molecule has 0 aliphatic heterocycles. The van der Waals surface area contributed by atoms with Crippen LogP contribution in [0.4, 0.5) is 0 Å². The van der Waals surface area contributed by atoms with Gasteiger partial charge in [-0.25, -0.2) is 19.9 Å². The number of fused-ring (bicyclic) bond motifs is 6. The Morgan fingerprint density at radius 1 is 0.316 bits per heavy atom. The van der Waals surface area contributed by atoms with Gasteiger partial charge in [0.1, 0.15) is 0 Å². The lowest BCUT2D eigenvalue weighted by Gasteiger charge is -2.15. The zero-order valence-corrected chi connectivity index (χ0v) is 30.8. The summed E-state index contributed by atoms with van der Waals surface area (Å²) in [6.07, 6.45) is 0. The fourth-order valence-electron chi connectivity index (χ4n) is 8.22. The van der Waals surface area contributed by atoms with E-state index in [4.69, 9.17) is 19.9 Å². The Labute approximate surface area is 329 Å². The molecule has 8 aromatic carbocycles. The summed E-state index contributed by atoms with van der Waals surface area (Å²) in [4.78, 5) is 20.8. The van der Waals surface area contributed by atoms with Crippen molar-refractivity contribution in [3.63, 3.8) is 0 Å². The summed E-state index contributed by atoms with van der Waals surface area (Å²) in [7, 11) is 0. The molecule has 3 heterocycles. The first-order valence-electron chi connectivity index (χ1n) is 19.1. The molecule has 266 valence electrons. The Kier molecular flexibility index (Phi) is 7.74. The maximum atomic E-state index is 5.26. The van der Waals surface area contributed by atoms with Crippen molar-refractivity contribution >= 4 is 43.5 Å². The predicted octanol–water partition coefficient (Wildman–Crippen LogP) is 13.0. The second-order valence-electron chi connectivity index (χ2n) is 14.2. The van der Waals surface area contributed by atoms with Crippen molar-refractivity contribution in [3.05, 3.63) is 200 Å². The Morgan fingerprint density at radius 3 is 1.56 bits per heavy atom. The second kappa shape index (κ2) is 13.5. The normalized spacial score (nSPS) is 11.5. The smallest absolute Gasteiger partial charge is 0.164 e. The zero-order chi connectivity index (χ0) is 37.7. The van der Waals surface area contributed by atoms with Gasteiger partial charge in [-0.3, -0.25) is 0 Å². The molecule has 5 heteroatoms. The highest BCUT2D eigenvalue weighted by atomic mass is 15.0. The Hall–Kier alpha value is -7.76. The number of nitrogens with zero attached hydrogens (tertiary/aromatic N) is 5. The van der Waals surface area contributed by atoms with E-state index in [1.165, 1.54) is 10.8 Å². The fourth-order valence-corrected chi connectivity index (χ4v) is 8.22.